The van der Waals surface area contributed by atoms with Gasteiger partial charge in [-0.05, 0) is 24.3 Å². The van der Waals surface area contributed by atoms with E-state index in [1.165, 1.54) is 12.1 Å². The van der Waals surface area contributed by atoms with Gasteiger partial charge in [-0.1, -0.05) is 30.3 Å². The average molecular weight is 215 g/mol. The zero-order valence-corrected chi connectivity index (χ0v) is 8.48. The van der Waals surface area contributed by atoms with Crippen LogP contribution < -0.4 is 5.32 Å². The van der Waals surface area contributed by atoms with Crippen molar-refractivity contribution in [2.75, 3.05) is 5.32 Å². The standard InChI is InChI=1S/C13H10FNO/c14-12-9-5-4-8-11(12)13(16)15-10-6-2-1-3-7-10/h1-9H,(H,15,16). The van der Waals surface area contributed by atoms with Gasteiger partial charge in [0, 0.05) is 5.69 Å². The van der Waals surface area contributed by atoms with Gasteiger partial charge < -0.3 is 5.32 Å². The summed E-state index contributed by atoms with van der Waals surface area (Å²) in [7, 11) is 0. The molecule has 0 aliphatic rings. The number of benzene rings is 2. The zero-order chi connectivity index (χ0) is 11.4. The van der Waals surface area contributed by atoms with E-state index in [1.54, 1.807) is 36.4 Å². The molecule has 16 heavy (non-hydrogen) atoms. The summed E-state index contributed by atoms with van der Waals surface area (Å²) in [5.74, 6) is -0.958. The lowest BCUT2D eigenvalue weighted by molar-refractivity contribution is 0.102. The van der Waals surface area contributed by atoms with E-state index >= 15 is 0 Å². The Balaban J connectivity index is 2.19. The molecule has 80 valence electrons. The minimum absolute atomic E-state index is 0.0475. The fourth-order valence-electron chi connectivity index (χ4n) is 1.37. The number of amides is 1. The molecule has 0 fully saturated rings. The number of carbonyl (C=O) groups is 1. The third-order valence-electron chi connectivity index (χ3n) is 2.15. The van der Waals surface area contributed by atoms with Crippen LogP contribution in [0.25, 0.3) is 0 Å². The van der Waals surface area contributed by atoms with Crippen LogP contribution in [-0.4, -0.2) is 5.91 Å². The molecule has 0 radical (unpaired) electrons. The van der Waals surface area contributed by atoms with Crippen LogP contribution in [0.15, 0.2) is 54.6 Å². The second kappa shape index (κ2) is 4.57. The Kier molecular flexibility index (Phi) is 2.96. The van der Waals surface area contributed by atoms with Crippen LogP contribution in [0.3, 0.4) is 0 Å². The molecule has 0 aliphatic heterocycles. The van der Waals surface area contributed by atoms with Crippen LogP contribution in [0.5, 0.6) is 0 Å². The Bertz CT molecular complexity index is 496. The van der Waals surface area contributed by atoms with Crippen molar-refractivity contribution >= 4 is 11.6 Å². The van der Waals surface area contributed by atoms with Crippen molar-refractivity contribution in [1.29, 1.82) is 0 Å². The SMILES string of the molecule is O=C(Nc1ccccc1)c1ccccc1F. The predicted octanol–water partition coefficient (Wildman–Crippen LogP) is 3.08. The van der Waals surface area contributed by atoms with Gasteiger partial charge in [0.25, 0.3) is 5.91 Å². The maximum Gasteiger partial charge on any atom is 0.258 e. The number of halogens is 1. The molecule has 2 rings (SSSR count). The molecule has 0 bridgehead atoms. The van der Waals surface area contributed by atoms with E-state index < -0.39 is 11.7 Å². The fraction of sp³-hybridized carbons (Fsp3) is 0. The molecule has 2 nitrogen and oxygen atoms in total. The third-order valence-corrected chi connectivity index (χ3v) is 2.15. The summed E-state index contributed by atoms with van der Waals surface area (Å²) in [6.45, 7) is 0. The molecule has 0 aliphatic carbocycles. The molecular formula is C13H10FNO. The largest absolute Gasteiger partial charge is 0.322 e. The van der Waals surface area contributed by atoms with Crippen molar-refractivity contribution in [2.24, 2.45) is 0 Å². The Morgan fingerprint density at radius 1 is 0.938 bits per heavy atom. The minimum atomic E-state index is -0.518. The van der Waals surface area contributed by atoms with E-state index in [1.807, 2.05) is 6.07 Å². The summed E-state index contributed by atoms with van der Waals surface area (Å²) >= 11 is 0. The highest BCUT2D eigenvalue weighted by molar-refractivity contribution is 6.04. The zero-order valence-electron chi connectivity index (χ0n) is 8.48. The molecule has 3 heteroatoms. The van der Waals surface area contributed by atoms with E-state index in [0.717, 1.165) is 0 Å². The first-order valence-corrected chi connectivity index (χ1v) is 4.88. The van der Waals surface area contributed by atoms with Crippen LogP contribution in [0.2, 0.25) is 0 Å². The van der Waals surface area contributed by atoms with Gasteiger partial charge in [0.1, 0.15) is 5.82 Å². The number of hydrogen-bond donors (Lipinski definition) is 1. The van der Waals surface area contributed by atoms with Crippen LogP contribution in [0.1, 0.15) is 10.4 Å². The van der Waals surface area contributed by atoms with Crippen LogP contribution in [-0.2, 0) is 0 Å². The molecule has 0 aromatic heterocycles. The van der Waals surface area contributed by atoms with E-state index in [0.29, 0.717) is 5.69 Å². The van der Waals surface area contributed by atoms with Crippen LogP contribution >= 0.6 is 0 Å². The number of anilines is 1. The summed E-state index contributed by atoms with van der Waals surface area (Å²) in [5.41, 5.74) is 0.696. The molecule has 2 aromatic rings. The highest BCUT2D eigenvalue weighted by Gasteiger charge is 2.10. The first-order valence-electron chi connectivity index (χ1n) is 4.88. The van der Waals surface area contributed by atoms with Gasteiger partial charge in [-0.3, -0.25) is 4.79 Å². The van der Waals surface area contributed by atoms with Gasteiger partial charge in [0.05, 0.1) is 5.56 Å². The lowest BCUT2D eigenvalue weighted by atomic mass is 10.2. The van der Waals surface area contributed by atoms with Crippen molar-refractivity contribution in [1.82, 2.24) is 0 Å². The van der Waals surface area contributed by atoms with Crippen LogP contribution in [0, 0.1) is 5.82 Å². The van der Waals surface area contributed by atoms with Crippen molar-refractivity contribution in [3.63, 3.8) is 0 Å². The minimum Gasteiger partial charge on any atom is -0.322 e. The molecule has 0 atom stereocenters. The summed E-state index contributed by atoms with van der Waals surface area (Å²) in [4.78, 5) is 11.7. The highest BCUT2D eigenvalue weighted by Crippen LogP contribution is 2.11. The second-order valence-corrected chi connectivity index (χ2v) is 3.30. The van der Waals surface area contributed by atoms with E-state index in [2.05, 4.69) is 5.32 Å². The predicted molar refractivity (Wildman–Crippen MR) is 60.8 cm³/mol. The molecule has 2 aromatic carbocycles. The highest BCUT2D eigenvalue weighted by atomic mass is 19.1. The van der Waals surface area contributed by atoms with Crippen LogP contribution in [0.4, 0.5) is 10.1 Å². The summed E-state index contributed by atoms with van der Waals surface area (Å²) in [6, 6.07) is 14.8. The number of rotatable bonds is 2. The number of nitrogens with one attached hydrogen (secondary N) is 1. The average Bonchev–Trinajstić information content (AvgIpc) is 2.31. The second-order valence-electron chi connectivity index (χ2n) is 3.30. The van der Waals surface area contributed by atoms with Crippen molar-refractivity contribution < 1.29 is 9.18 Å². The van der Waals surface area contributed by atoms with Gasteiger partial charge in [-0.15, -0.1) is 0 Å². The first kappa shape index (κ1) is 10.4. The van der Waals surface area contributed by atoms with Gasteiger partial charge in [-0.2, -0.15) is 0 Å². The summed E-state index contributed by atoms with van der Waals surface area (Å²) < 4.78 is 13.3. The molecule has 0 unspecified atom stereocenters. The van der Waals surface area contributed by atoms with Gasteiger partial charge >= 0.3 is 0 Å². The summed E-state index contributed by atoms with van der Waals surface area (Å²) in [6.07, 6.45) is 0. The quantitative estimate of drug-likeness (QED) is 0.819. The molecule has 1 amide bonds. The van der Waals surface area contributed by atoms with Crippen molar-refractivity contribution in [2.45, 2.75) is 0 Å². The Labute approximate surface area is 92.7 Å². The van der Waals surface area contributed by atoms with Gasteiger partial charge in [0.15, 0.2) is 0 Å². The maximum absolute atomic E-state index is 13.3. The Morgan fingerprint density at radius 2 is 1.56 bits per heavy atom. The molecule has 0 saturated carbocycles. The van der Waals surface area contributed by atoms with Crippen molar-refractivity contribution in [3.05, 3.63) is 66.0 Å². The van der Waals surface area contributed by atoms with Gasteiger partial charge in [0.2, 0.25) is 0 Å². The molecule has 0 saturated heterocycles. The molecule has 0 spiro atoms. The monoisotopic (exact) mass is 215 g/mol. The third kappa shape index (κ3) is 2.25. The smallest absolute Gasteiger partial charge is 0.258 e. The van der Waals surface area contributed by atoms with E-state index in [9.17, 15) is 9.18 Å². The number of hydrogen-bond acceptors (Lipinski definition) is 1. The molecule has 0 heterocycles. The van der Waals surface area contributed by atoms with Crippen molar-refractivity contribution in [3.8, 4) is 0 Å². The lowest BCUT2D eigenvalue weighted by Crippen LogP contribution is -2.13. The topological polar surface area (TPSA) is 29.1 Å². The Hall–Kier alpha value is -2.16. The number of para-hydroxylation sites is 1. The van der Waals surface area contributed by atoms with E-state index in [4.69, 9.17) is 0 Å². The molecular weight excluding hydrogens is 205 g/mol. The maximum atomic E-state index is 13.3. The fourth-order valence-corrected chi connectivity index (χ4v) is 1.37. The lowest BCUT2D eigenvalue weighted by Gasteiger charge is -2.05. The van der Waals surface area contributed by atoms with E-state index in [-0.39, 0.29) is 5.56 Å². The summed E-state index contributed by atoms with van der Waals surface area (Å²) in [5, 5.41) is 2.62. The Morgan fingerprint density at radius 3 is 2.25 bits per heavy atom. The number of carbonyl (C=O) groups excluding carboxylic acids is 1. The first-order chi connectivity index (χ1) is 7.77. The molecule has 1 N–H and O–H groups in total. The normalized spacial score (nSPS) is 9.81. The van der Waals surface area contributed by atoms with Gasteiger partial charge in [-0.25, -0.2) is 4.39 Å².